The van der Waals surface area contributed by atoms with Gasteiger partial charge in [0.1, 0.15) is 0 Å². The van der Waals surface area contributed by atoms with E-state index in [2.05, 4.69) is 0 Å². The lowest BCUT2D eigenvalue weighted by Gasteiger charge is -2.14. The van der Waals surface area contributed by atoms with Gasteiger partial charge in [0.2, 0.25) is 5.91 Å². The quantitative estimate of drug-likeness (QED) is 0.862. The highest BCUT2D eigenvalue weighted by Crippen LogP contribution is 2.22. The average molecular weight is 233 g/mol. The Labute approximate surface area is 99.9 Å². The summed E-state index contributed by atoms with van der Waals surface area (Å²) in [6.07, 6.45) is 0.799. The van der Waals surface area contributed by atoms with Crippen LogP contribution in [0.4, 0.5) is 0 Å². The third kappa shape index (κ3) is 2.84. The van der Waals surface area contributed by atoms with Crippen LogP contribution in [-0.4, -0.2) is 21.9 Å². The molecule has 0 spiro atoms. The molecular formula is C13H15NO3. The van der Waals surface area contributed by atoms with Gasteiger partial charge in [-0.05, 0) is 17.5 Å². The zero-order valence-corrected chi connectivity index (χ0v) is 9.56. The van der Waals surface area contributed by atoms with Crippen molar-refractivity contribution in [3.8, 4) is 0 Å². The third-order valence-corrected chi connectivity index (χ3v) is 2.97. The first kappa shape index (κ1) is 11.6. The van der Waals surface area contributed by atoms with Crippen molar-refractivity contribution in [3.63, 3.8) is 0 Å². The topological polar surface area (TPSA) is 57.6 Å². The number of aliphatic carboxylic acids is 1. The maximum atomic E-state index is 11.8. The molecule has 90 valence electrons. The summed E-state index contributed by atoms with van der Waals surface area (Å²) in [4.78, 5) is 24.0. The lowest BCUT2D eigenvalue weighted by atomic mass is 10.1. The first-order valence-corrected chi connectivity index (χ1v) is 5.73. The number of hydrogen-bond donors (Lipinski definition) is 1. The number of nitrogens with zero attached hydrogens (tertiary/aromatic N) is 1. The molecule has 1 aromatic rings. The molecule has 17 heavy (non-hydrogen) atoms. The molecule has 2 rings (SSSR count). The number of carboxylic acids is 1. The van der Waals surface area contributed by atoms with E-state index < -0.39 is 5.97 Å². The highest BCUT2D eigenvalue weighted by Gasteiger charge is 2.22. The van der Waals surface area contributed by atoms with Crippen molar-refractivity contribution in [1.82, 2.24) is 4.90 Å². The molecule has 1 aromatic carbocycles. The fourth-order valence-electron chi connectivity index (χ4n) is 2.06. The summed E-state index contributed by atoms with van der Waals surface area (Å²) < 4.78 is 0. The fraction of sp³-hybridized carbons (Fsp3) is 0.385. The predicted molar refractivity (Wildman–Crippen MR) is 62.2 cm³/mol. The second-order valence-corrected chi connectivity index (χ2v) is 4.27. The van der Waals surface area contributed by atoms with Gasteiger partial charge in [0, 0.05) is 25.9 Å². The lowest BCUT2D eigenvalue weighted by Crippen LogP contribution is -2.25. The minimum Gasteiger partial charge on any atom is -0.481 e. The summed E-state index contributed by atoms with van der Waals surface area (Å²) in [5.74, 6) is -0.801. The monoisotopic (exact) mass is 233 g/mol. The fourth-order valence-corrected chi connectivity index (χ4v) is 2.06. The number of fused-ring (bicyclic) bond motifs is 1. The molecule has 0 aliphatic carbocycles. The van der Waals surface area contributed by atoms with Crippen LogP contribution in [0.15, 0.2) is 24.3 Å². The second-order valence-electron chi connectivity index (χ2n) is 4.27. The van der Waals surface area contributed by atoms with Gasteiger partial charge in [0.05, 0.1) is 0 Å². The summed E-state index contributed by atoms with van der Waals surface area (Å²) in [7, 11) is 0. The van der Waals surface area contributed by atoms with Crippen LogP contribution < -0.4 is 0 Å². The summed E-state index contributed by atoms with van der Waals surface area (Å²) in [6.45, 7) is 1.31. The van der Waals surface area contributed by atoms with E-state index in [-0.39, 0.29) is 12.3 Å². The first-order valence-electron chi connectivity index (χ1n) is 5.73. The molecule has 1 amide bonds. The molecule has 1 aliphatic rings. The SMILES string of the molecule is O=C(O)CCCC(=O)N1Cc2ccccc2C1. The van der Waals surface area contributed by atoms with E-state index in [1.807, 2.05) is 24.3 Å². The van der Waals surface area contributed by atoms with Crippen molar-refractivity contribution < 1.29 is 14.7 Å². The van der Waals surface area contributed by atoms with E-state index in [1.165, 1.54) is 11.1 Å². The van der Waals surface area contributed by atoms with Crippen LogP contribution in [0.3, 0.4) is 0 Å². The molecule has 0 saturated heterocycles. The molecule has 0 aromatic heterocycles. The van der Waals surface area contributed by atoms with Crippen molar-refractivity contribution >= 4 is 11.9 Å². The molecule has 0 bridgehead atoms. The van der Waals surface area contributed by atoms with Crippen LogP contribution in [0.2, 0.25) is 0 Å². The summed E-state index contributed by atoms with van der Waals surface area (Å²) >= 11 is 0. The molecule has 0 atom stereocenters. The van der Waals surface area contributed by atoms with Crippen LogP contribution >= 0.6 is 0 Å². The van der Waals surface area contributed by atoms with Gasteiger partial charge >= 0.3 is 5.97 Å². The number of carboxylic acid groups (broad SMARTS) is 1. The molecular weight excluding hydrogens is 218 g/mol. The molecule has 1 heterocycles. The standard InChI is InChI=1S/C13H15NO3/c15-12(6-3-7-13(16)17)14-8-10-4-1-2-5-11(10)9-14/h1-2,4-5H,3,6-9H2,(H,16,17). The molecule has 1 aliphatic heterocycles. The largest absolute Gasteiger partial charge is 0.481 e. The number of benzene rings is 1. The van der Waals surface area contributed by atoms with Gasteiger partial charge in [-0.25, -0.2) is 0 Å². The van der Waals surface area contributed by atoms with Gasteiger partial charge in [0.25, 0.3) is 0 Å². The zero-order valence-electron chi connectivity index (χ0n) is 9.56. The predicted octanol–water partition coefficient (Wildman–Crippen LogP) is 1.78. The minimum atomic E-state index is -0.845. The molecule has 0 radical (unpaired) electrons. The lowest BCUT2D eigenvalue weighted by molar-refractivity contribution is -0.137. The molecule has 0 saturated carbocycles. The molecule has 1 N–H and O–H groups in total. The van der Waals surface area contributed by atoms with Crippen LogP contribution in [-0.2, 0) is 22.7 Å². The van der Waals surface area contributed by atoms with Crippen LogP contribution in [0, 0.1) is 0 Å². The van der Waals surface area contributed by atoms with Crippen LogP contribution in [0.5, 0.6) is 0 Å². The van der Waals surface area contributed by atoms with E-state index in [4.69, 9.17) is 5.11 Å². The van der Waals surface area contributed by atoms with Gasteiger partial charge in [0.15, 0.2) is 0 Å². The highest BCUT2D eigenvalue weighted by molar-refractivity contribution is 5.77. The molecule has 4 heteroatoms. The third-order valence-electron chi connectivity index (χ3n) is 2.97. The van der Waals surface area contributed by atoms with E-state index in [1.54, 1.807) is 4.90 Å². The highest BCUT2D eigenvalue weighted by atomic mass is 16.4. The van der Waals surface area contributed by atoms with Crippen molar-refractivity contribution in [2.24, 2.45) is 0 Å². The van der Waals surface area contributed by atoms with Gasteiger partial charge in [-0.2, -0.15) is 0 Å². The van der Waals surface area contributed by atoms with Crippen molar-refractivity contribution in [3.05, 3.63) is 35.4 Å². The van der Waals surface area contributed by atoms with Gasteiger partial charge in [-0.15, -0.1) is 0 Å². The maximum absolute atomic E-state index is 11.8. The number of rotatable bonds is 4. The Morgan fingerprint density at radius 2 is 1.71 bits per heavy atom. The van der Waals surface area contributed by atoms with E-state index in [0.717, 1.165) is 0 Å². The van der Waals surface area contributed by atoms with Crippen molar-refractivity contribution in [2.45, 2.75) is 32.4 Å². The van der Waals surface area contributed by atoms with Crippen LogP contribution in [0.1, 0.15) is 30.4 Å². The number of carbonyl (C=O) groups excluding carboxylic acids is 1. The van der Waals surface area contributed by atoms with Crippen molar-refractivity contribution in [2.75, 3.05) is 0 Å². The van der Waals surface area contributed by atoms with Gasteiger partial charge in [-0.1, -0.05) is 24.3 Å². The molecule has 0 fully saturated rings. The van der Waals surface area contributed by atoms with E-state index >= 15 is 0 Å². The Balaban J connectivity index is 1.86. The zero-order chi connectivity index (χ0) is 12.3. The molecule has 4 nitrogen and oxygen atoms in total. The number of amides is 1. The average Bonchev–Trinajstić information content (AvgIpc) is 2.71. The number of hydrogen-bond acceptors (Lipinski definition) is 2. The molecule has 0 unspecified atom stereocenters. The maximum Gasteiger partial charge on any atom is 0.303 e. The van der Waals surface area contributed by atoms with Gasteiger partial charge in [-0.3, -0.25) is 9.59 Å². The van der Waals surface area contributed by atoms with Crippen LogP contribution in [0.25, 0.3) is 0 Å². The Bertz CT molecular complexity index is 417. The summed E-state index contributed by atoms with van der Waals surface area (Å²) in [5, 5.41) is 8.51. The summed E-state index contributed by atoms with van der Waals surface area (Å²) in [5.41, 5.74) is 2.39. The normalized spacial score (nSPS) is 13.5. The Morgan fingerprint density at radius 3 is 2.24 bits per heavy atom. The minimum absolute atomic E-state index is 0.0439. The van der Waals surface area contributed by atoms with Crippen molar-refractivity contribution in [1.29, 1.82) is 0 Å². The smallest absolute Gasteiger partial charge is 0.303 e. The summed E-state index contributed by atoms with van der Waals surface area (Å²) in [6, 6.07) is 7.99. The first-order chi connectivity index (χ1) is 8.16. The second kappa shape index (κ2) is 4.99. The Kier molecular flexibility index (Phi) is 3.42. The van der Waals surface area contributed by atoms with Gasteiger partial charge < -0.3 is 10.0 Å². The Hall–Kier alpha value is -1.84. The van der Waals surface area contributed by atoms with E-state index in [0.29, 0.717) is 25.9 Å². The number of carbonyl (C=O) groups is 2. The Morgan fingerprint density at radius 1 is 1.12 bits per heavy atom. The van der Waals surface area contributed by atoms with E-state index in [9.17, 15) is 9.59 Å².